The second kappa shape index (κ2) is 71.9. The molecule has 0 heterocycles. The van der Waals surface area contributed by atoms with E-state index in [1.54, 1.807) is 6.08 Å². The van der Waals surface area contributed by atoms with Crippen LogP contribution in [-0.2, 0) is 4.79 Å². The van der Waals surface area contributed by atoms with Gasteiger partial charge in [0, 0.05) is 6.42 Å². The standard InChI is InChI=1S/C76H147NO3/c1-3-5-7-9-11-13-15-17-19-21-23-25-27-29-31-32-33-34-35-36-37-38-39-40-41-42-43-44-46-48-50-52-54-56-58-60-62-64-66-68-70-72-76(80)77-74(73-78)75(79)71-69-67-65-63-61-59-57-55-53-51-49-47-45-30-28-26-24-22-20-18-16-14-12-10-8-6-4-2/h15,17,21,23,69,71,74-75,78-79H,3-14,16,18-20,22,24-68,70,72-73H2,1-2H3,(H,77,80)/b17-15-,23-21-,71-69+. The summed E-state index contributed by atoms with van der Waals surface area (Å²) in [6.45, 7) is 4.35. The molecule has 0 aromatic heterocycles. The van der Waals surface area contributed by atoms with Crippen LogP contribution in [0.2, 0.25) is 0 Å². The van der Waals surface area contributed by atoms with E-state index in [0.29, 0.717) is 6.42 Å². The van der Waals surface area contributed by atoms with Gasteiger partial charge in [-0.15, -0.1) is 0 Å². The summed E-state index contributed by atoms with van der Waals surface area (Å²) in [7, 11) is 0. The van der Waals surface area contributed by atoms with E-state index in [2.05, 4.69) is 43.5 Å². The molecule has 0 rings (SSSR count). The molecule has 2 atom stereocenters. The van der Waals surface area contributed by atoms with Crippen molar-refractivity contribution in [3.63, 3.8) is 0 Å². The van der Waals surface area contributed by atoms with E-state index < -0.39 is 12.1 Å². The lowest BCUT2D eigenvalue weighted by atomic mass is 10.0. The van der Waals surface area contributed by atoms with Crippen LogP contribution in [0.3, 0.4) is 0 Å². The molecule has 80 heavy (non-hydrogen) atoms. The molecular weight excluding hydrogens is 975 g/mol. The minimum atomic E-state index is -0.839. The molecule has 0 aliphatic rings. The van der Waals surface area contributed by atoms with Gasteiger partial charge in [0.1, 0.15) is 0 Å². The smallest absolute Gasteiger partial charge is 0.220 e. The minimum Gasteiger partial charge on any atom is -0.394 e. The van der Waals surface area contributed by atoms with Gasteiger partial charge in [0.05, 0.1) is 18.8 Å². The van der Waals surface area contributed by atoms with Crippen LogP contribution in [0.15, 0.2) is 36.5 Å². The van der Waals surface area contributed by atoms with Crippen molar-refractivity contribution in [2.45, 2.75) is 437 Å². The molecule has 0 aromatic carbocycles. The van der Waals surface area contributed by atoms with Crippen molar-refractivity contribution in [1.82, 2.24) is 5.32 Å². The lowest BCUT2D eigenvalue weighted by Crippen LogP contribution is -2.45. The van der Waals surface area contributed by atoms with Gasteiger partial charge < -0.3 is 15.5 Å². The topological polar surface area (TPSA) is 69.6 Å². The first-order valence-corrected chi connectivity index (χ1v) is 37.2. The highest BCUT2D eigenvalue weighted by Gasteiger charge is 2.18. The third-order valence-electron chi connectivity index (χ3n) is 17.6. The van der Waals surface area contributed by atoms with Crippen molar-refractivity contribution >= 4 is 5.91 Å². The number of aliphatic hydroxyl groups excluding tert-OH is 2. The third-order valence-corrected chi connectivity index (χ3v) is 17.6. The molecule has 0 aliphatic carbocycles. The van der Waals surface area contributed by atoms with Crippen LogP contribution >= 0.6 is 0 Å². The van der Waals surface area contributed by atoms with Gasteiger partial charge in [-0.25, -0.2) is 0 Å². The normalized spacial score (nSPS) is 12.8. The predicted octanol–water partition coefficient (Wildman–Crippen LogP) is 25.5. The maximum Gasteiger partial charge on any atom is 0.220 e. The molecule has 474 valence electrons. The number of hydrogen-bond donors (Lipinski definition) is 3. The van der Waals surface area contributed by atoms with Crippen LogP contribution in [0.1, 0.15) is 425 Å². The van der Waals surface area contributed by atoms with Gasteiger partial charge in [-0.2, -0.15) is 0 Å². The molecule has 0 saturated heterocycles. The van der Waals surface area contributed by atoms with E-state index in [0.717, 1.165) is 32.1 Å². The Hall–Kier alpha value is -1.39. The minimum absolute atomic E-state index is 0.0540. The lowest BCUT2D eigenvalue weighted by molar-refractivity contribution is -0.123. The fourth-order valence-corrected chi connectivity index (χ4v) is 12.0. The van der Waals surface area contributed by atoms with Gasteiger partial charge in [0.15, 0.2) is 0 Å². The maximum atomic E-state index is 12.6. The van der Waals surface area contributed by atoms with Gasteiger partial charge in [-0.05, 0) is 51.4 Å². The van der Waals surface area contributed by atoms with E-state index in [-0.39, 0.29) is 12.5 Å². The summed E-state index contributed by atoms with van der Waals surface area (Å²) >= 11 is 0. The van der Waals surface area contributed by atoms with Crippen LogP contribution in [-0.4, -0.2) is 34.9 Å². The Morgan fingerprint density at radius 3 is 0.750 bits per heavy atom. The number of carbonyl (C=O) groups excluding carboxylic acids is 1. The van der Waals surface area contributed by atoms with Gasteiger partial charge in [-0.1, -0.05) is 403 Å². The number of nitrogens with one attached hydrogen (secondary N) is 1. The van der Waals surface area contributed by atoms with Crippen molar-refractivity contribution in [2.75, 3.05) is 6.61 Å². The Morgan fingerprint density at radius 2 is 0.512 bits per heavy atom. The number of allylic oxidation sites excluding steroid dienone is 5. The summed E-state index contributed by atoms with van der Waals surface area (Å²) in [6, 6.07) is -0.622. The highest BCUT2D eigenvalue weighted by atomic mass is 16.3. The molecule has 0 radical (unpaired) electrons. The SMILES string of the molecule is CCCCCCC/C=C\C/C=C\CCCCCCCCCCCCCCCCCCCCCCCCCCCCCCCC(=O)NC(CO)C(O)/C=C/CCCCCCCCCCCCCCCCCCCCCCCCCCC. The Balaban J connectivity index is 3.38. The van der Waals surface area contributed by atoms with Crippen LogP contribution in [0.25, 0.3) is 0 Å². The molecule has 0 bridgehead atoms. The molecule has 1 amide bonds. The van der Waals surface area contributed by atoms with E-state index in [9.17, 15) is 15.0 Å². The molecule has 3 N–H and O–H groups in total. The number of carbonyl (C=O) groups is 1. The van der Waals surface area contributed by atoms with Gasteiger partial charge >= 0.3 is 0 Å². The number of amides is 1. The second-order valence-corrected chi connectivity index (χ2v) is 25.7. The first-order valence-electron chi connectivity index (χ1n) is 37.2. The first-order chi connectivity index (χ1) is 39.7. The highest BCUT2D eigenvalue weighted by molar-refractivity contribution is 5.76. The Kier molecular flexibility index (Phi) is 70.6. The Labute approximate surface area is 503 Å². The fourth-order valence-electron chi connectivity index (χ4n) is 12.0. The molecule has 2 unspecified atom stereocenters. The van der Waals surface area contributed by atoms with Crippen LogP contribution < -0.4 is 5.32 Å². The Bertz CT molecular complexity index is 1230. The highest BCUT2D eigenvalue weighted by Crippen LogP contribution is 2.20. The molecule has 0 spiro atoms. The van der Waals surface area contributed by atoms with E-state index in [1.165, 1.54) is 372 Å². The lowest BCUT2D eigenvalue weighted by Gasteiger charge is -2.20. The molecule has 0 fully saturated rings. The summed E-state index contributed by atoms with van der Waals surface area (Å²) in [5, 5.41) is 23.3. The third kappa shape index (κ3) is 67.4. The Morgan fingerprint density at radius 1 is 0.300 bits per heavy atom. The maximum absolute atomic E-state index is 12.6. The summed E-state index contributed by atoms with van der Waals surface area (Å²) in [5.41, 5.74) is 0. The summed E-state index contributed by atoms with van der Waals surface area (Å²) in [4.78, 5) is 12.6. The molecule has 4 nitrogen and oxygen atoms in total. The van der Waals surface area contributed by atoms with Gasteiger partial charge in [0.25, 0.3) is 0 Å². The van der Waals surface area contributed by atoms with E-state index >= 15 is 0 Å². The number of hydrogen-bond acceptors (Lipinski definition) is 3. The zero-order chi connectivity index (χ0) is 57.6. The van der Waals surface area contributed by atoms with Gasteiger partial charge in [-0.3, -0.25) is 4.79 Å². The van der Waals surface area contributed by atoms with E-state index in [4.69, 9.17) is 0 Å². The molecular formula is C76H147NO3. The van der Waals surface area contributed by atoms with Crippen LogP contribution in [0, 0.1) is 0 Å². The summed E-state index contributed by atoms with van der Waals surface area (Å²) < 4.78 is 0. The summed E-state index contributed by atoms with van der Waals surface area (Å²) in [5.74, 6) is -0.0540. The number of aliphatic hydroxyl groups is 2. The van der Waals surface area contributed by atoms with Crippen molar-refractivity contribution in [3.05, 3.63) is 36.5 Å². The van der Waals surface area contributed by atoms with Crippen LogP contribution in [0.5, 0.6) is 0 Å². The fraction of sp³-hybridized carbons (Fsp3) is 0.908. The van der Waals surface area contributed by atoms with Crippen molar-refractivity contribution < 1.29 is 15.0 Å². The van der Waals surface area contributed by atoms with Gasteiger partial charge in [0.2, 0.25) is 5.91 Å². The zero-order valence-electron chi connectivity index (χ0n) is 54.9. The summed E-state index contributed by atoms with van der Waals surface area (Å²) in [6.07, 6.45) is 99.8. The van der Waals surface area contributed by atoms with Crippen molar-refractivity contribution in [2.24, 2.45) is 0 Å². The van der Waals surface area contributed by atoms with Crippen LogP contribution in [0.4, 0.5) is 0 Å². The van der Waals surface area contributed by atoms with Crippen molar-refractivity contribution in [3.8, 4) is 0 Å². The molecule has 0 aliphatic heterocycles. The molecule has 4 heteroatoms. The van der Waals surface area contributed by atoms with Crippen molar-refractivity contribution in [1.29, 1.82) is 0 Å². The van der Waals surface area contributed by atoms with E-state index in [1.807, 2.05) is 6.08 Å². The largest absolute Gasteiger partial charge is 0.394 e. The molecule has 0 saturated carbocycles. The number of rotatable bonds is 70. The average Bonchev–Trinajstić information content (AvgIpc) is 3.46. The number of unbranched alkanes of at least 4 members (excludes halogenated alkanes) is 59. The average molecular weight is 1120 g/mol. The second-order valence-electron chi connectivity index (χ2n) is 25.7. The monoisotopic (exact) mass is 1120 g/mol. The predicted molar refractivity (Wildman–Crippen MR) is 359 cm³/mol. The quantitative estimate of drug-likeness (QED) is 0.0420. The first kappa shape index (κ1) is 78.6. The molecule has 0 aromatic rings. The zero-order valence-corrected chi connectivity index (χ0v) is 54.9.